The monoisotopic (exact) mass is 1830 g/mol. The summed E-state index contributed by atoms with van der Waals surface area (Å²) in [7, 11) is 3.93. The van der Waals surface area contributed by atoms with Crippen molar-refractivity contribution in [2.45, 2.75) is 234 Å². The van der Waals surface area contributed by atoms with E-state index in [2.05, 4.69) is 68.5 Å². The molecule has 0 aliphatic carbocycles. The molecule has 42 nitrogen and oxygen atoms in total. The fourth-order valence-corrected chi connectivity index (χ4v) is 17.7. The van der Waals surface area contributed by atoms with Gasteiger partial charge in [-0.25, -0.2) is 0 Å². The number of benzene rings is 3. The second kappa shape index (κ2) is 46.9. The van der Waals surface area contributed by atoms with Gasteiger partial charge in [0.2, 0.25) is 100 Å². The van der Waals surface area contributed by atoms with Crippen molar-refractivity contribution in [3.05, 3.63) is 102 Å². The minimum atomic E-state index is -1.87. The second-order valence-corrected chi connectivity index (χ2v) is 34.7. The number of unbranched alkanes of at least 4 members (excludes halogenated alkanes) is 2. The molecule has 130 heavy (non-hydrogen) atoms. The topological polar surface area (TPSA) is 639 Å². The van der Waals surface area contributed by atoms with Crippen LogP contribution in [-0.2, 0) is 101 Å². The zero-order valence-corrected chi connectivity index (χ0v) is 75.1. The number of H-pyrrole nitrogens is 2. The molecule has 3 unspecified atom stereocenters. The molecule has 4 fully saturated rings. The summed E-state index contributed by atoms with van der Waals surface area (Å²) in [6.07, 6.45) is 1.69. The van der Waals surface area contributed by atoms with Gasteiger partial charge in [0.25, 0.3) is 0 Å². The van der Waals surface area contributed by atoms with Crippen LogP contribution < -0.4 is 81.4 Å². The van der Waals surface area contributed by atoms with Crippen molar-refractivity contribution >= 4 is 146 Å². The number of anilines is 1. The number of carbonyl (C=O) groups is 17. The van der Waals surface area contributed by atoms with Crippen LogP contribution in [0.4, 0.5) is 5.69 Å². The molecule has 3 aromatic carbocycles. The van der Waals surface area contributed by atoms with E-state index >= 15 is 28.8 Å². The predicted molar refractivity (Wildman–Crippen MR) is 479 cm³/mol. The van der Waals surface area contributed by atoms with Gasteiger partial charge in [0.05, 0.1) is 37.5 Å². The third-order valence-electron chi connectivity index (χ3n) is 24.2. The van der Waals surface area contributed by atoms with Crippen molar-refractivity contribution in [1.82, 2.24) is 93.0 Å². The molecule has 6 heterocycles. The van der Waals surface area contributed by atoms with Crippen LogP contribution in [0.1, 0.15) is 135 Å². The van der Waals surface area contributed by atoms with Crippen molar-refractivity contribution in [3.8, 4) is 0 Å². The number of guanidine groups is 1. The van der Waals surface area contributed by atoms with Gasteiger partial charge in [0.15, 0.2) is 5.96 Å². The maximum absolute atomic E-state index is 15.7. The molecule has 0 spiro atoms. The fourth-order valence-electron chi connectivity index (χ4n) is 16.9. The number of piperidine rings is 1. The van der Waals surface area contributed by atoms with Gasteiger partial charge in [-0.1, -0.05) is 95.0 Å². The molecule has 4 aliphatic heterocycles. The summed E-state index contributed by atoms with van der Waals surface area (Å²) < 4.78 is 0. The van der Waals surface area contributed by atoms with Crippen molar-refractivity contribution in [2.24, 2.45) is 23.1 Å². The molecule has 0 saturated carbocycles. The number of amides is 17. The molecule has 17 atom stereocenters. The number of para-hydroxylation sites is 2. The molecular formula is C87H123N23O19S. The zero-order valence-electron chi connectivity index (χ0n) is 74.2. The lowest BCUT2D eigenvalue weighted by molar-refractivity contribution is -0.150. The van der Waals surface area contributed by atoms with Gasteiger partial charge in [-0.05, 0) is 106 Å². The minimum absolute atomic E-state index is 0.00213. The first-order valence-electron chi connectivity index (χ1n) is 43.7. The molecule has 0 radical (unpaired) electrons. The Morgan fingerprint density at radius 1 is 0.538 bits per heavy atom. The molecule has 24 N–H and O–H groups in total. The van der Waals surface area contributed by atoms with Gasteiger partial charge < -0.3 is 126 Å². The first-order chi connectivity index (χ1) is 61.8. The molecule has 9 rings (SSSR count). The summed E-state index contributed by atoms with van der Waals surface area (Å²) in [6, 6.07) is -1.87. The van der Waals surface area contributed by atoms with Crippen LogP contribution in [0.2, 0.25) is 0 Å². The van der Waals surface area contributed by atoms with Gasteiger partial charge in [-0.2, -0.15) is 0 Å². The lowest BCUT2D eigenvalue weighted by Crippen LogP contribution is -2.64. The van der Waals surface area contributed by atoms with E-state index in [1.165, 1.54) is 35.0 Å². The molecule has 43 heteroatoms. The average Bonchev–Trinajstić information content (AvgIpc) is 1.60. The zero-order chi connectivity index (χ0) is 95.1. The van der Waals surface area contributed by atoms with Crippen LogP contribution in [0, 0.1) is 11.3 Å². The third-order valence-corrected chi connectivity index (χ3v) is 25.2. The van der Waals surface area contributed by atoms with Crippen LogP contribution in [0.25, 0.3) is 21.8 Å². The molecule has 4 saturated heterocycles. The largest absolute Gasteiger partial charge is 0.399 e. The number of carbonyl (C=O) groups excluding carboxylic acids is 17. The maximum atomic E-state index is 15.7. The Morgan fingerprint density at radius 2 is 1.09 bits per heavy atom. The number of nitrogens with one attached hydrogen (secondary N) is 14. The van der Waals surface area contributed by atoms with E-state index in [0.29, 0.717) is 69.9 Å². The van der Waals surface area contributed by atoms with Crippen molar-refractivity contribution in [3.63, 3.8) is 0 Å². The number of aliphatic hydroxyl groups excluding tert-OH is 2. The Labute approximate surface area is 755 Å². The Bertz CT molecular complexity index is 4970. The first-order valence-corrected chi connectivity index (χ1v) is 44.9. The highest BCUT2D eigenvalue weighted by atomic mass is 32.2. The summed E-state index contributed by atoms with van der Waals surface area (Å²) in [6.45, 7) is 6.09. The van der Waals surface area contributed by atoms with E-state index in [4.69, 9.17) is 28.3 Å². The summed E-state index contributed by atoms with van der Waals surface area (Å²) in [5, 5.41) is 60.9. The van der Waals surface area contributed by atoms with Gasteiger partial charge in [0, 0.05) is 106 Å². The summed E-state index contributed by atoms with van der Waals surface area (Å²) in [5.74, 6) is -17.6. The number of aliphatic hydroxyl groups is 2. The lowest BCUT2D eigenvalue weighted by atomic mass is 9.86. The highest BCUT2D eigenvalue weighted by molar-refractivity contribution is 8.00. The number of likely N-dealkylation sites (N-methyl/N-ethyl adjacent to an activating group) is 3. The van der Waals surface area contributed by atoms with E-state index in [0.717, 1.165) is 36.3 Å². The quantitative estimate of drug-likeness (QED) is 0.0138. The lowest BCUT2D eigenvalue weighted by Gasteiger charge is -2.42. The Hall–Kier alpha value is -12.9. The minimum Gasteiger partial charge on any atom is -0.399 e. The number of thioether (sulfide) groups is 1. The molecule has 17 amide bonds. The van der Waals surface area contributed by atoms with Gasteiger partial charge in [-0.15, -0.1) is 11.8 Å². The summed E-state index contributed by atoms with van der Waals surface area (Å²) >= 11 is 0.780. The first kappa shape index (κ1) is 101. The fraction of sp³-hybridized carbons (Fsp3) is 0.540. The SMILES string of the molecule is CCCC[C@H]1C(=O)N(C)[C@@H](CCCC)C(=O)N[C@@H](CCCNC(=N)N)C(=O)N[C@H](C(=O)NCC(N)=O)CSCC(=O)N[C@@H](Cc2ccc(N)cc2)C(=O)N(C)[C@@H](C)C(=O)N[C@@H](CC(N)=O)C(=O)N2CCC[C@H]2C(=O)N[C@@H](C)C(=O)N[C@H]2CC(C)C3[C@H](O)CC(C(=O)N[C@@H](Cc4c[nH]c5ccccc45)C(=O)N[C@@H](CO)C(=O)N[C@@H](Cc4c[nH]c5ccccc45)C(=O)N1C)N3C2=O. The van der Waals surface area contributed by atoms with Crippen LogP contribution in [0.15, 0.2) is 85.2 Å². The van der Waals surface area contributed by atoms with Crippen molar-refractivity contribution in [1.29, 1.82) is 5.41 Å². The Morgan fingerprint density at radius 3 is 1.71 bits per heavy atom. The molecule has 5 aromatic rings. The number of hydrogen-bond donors (Lipinski definition) is 20. The number of rotatable bonds is 22. The summed E-state index contributed by atoms with van der Waals surface area (Å²) in [4.78, 5) is 260. The highest BCUT2D eigenvalue weighted by Gasteiger charge is 2.55. The number of nitrogens with zero attached hydrogens (tertiary/aromatic N) is 5. The van der Waals surface area contributed by atoms with Crippen molar-refractivity contribution < 1.29 is 91.7 Å². The second-order valence-electron chi connectivity index (χ2n) is 33.7. The van der Waals surface area contributed by atoms with Gasteiger partial charge in [0.1, 0.15) is 84.6 Å². The van der Waals surface area contributed by atoms with Crippen LogP contribution in [0.3, 0.4) is 0 Å². The average molecular weight is 1830 g/mol. The number of fused-ring (bicyclic) bond motifs is 4. The molecule has 4 aliphatic rings. The molecule has 2 aromatic heterocycles. The predicted octanol–water partition coefficient (Wildman–Crippen LogP) is -3.64. The number of hydrogen-bond acceptors (Lipinski definition) is 22. The highest BCUT2D eigenvalue weighted by Crippen LogP contribution is 2.37. The number of primary amides is 2. The number of aromatic amines is 2. The normalized spacial score (nSPS) is 26.7. The number of nitrogen functional groups attached to an aromatic ring is 1. The van der Waals surface area contributed by atoms with E-state index in [1.54, 1.807) is 92.1 Å². The molecule has 706 valence electrons. The Balaban J connectivity index is 1.08. The smallest absolute Gasteiger partial charge is 0.246 e. The molecular weight excluding hydrogens is 1700 g/mol. The standard InChI is InChI=1S/C87H123N23O19S/c1-9-11-24-64-79(122)99-56(23-17-31-93-87(91)92)76(119)105-63(75(118)96-41-70(90)114)43-130-44-71(115)98-59(34-48-27-29-51(88)30-28-48)82(125)106(6)47(5)74(117)102-61(37-69(89)113)84(127)109-32-18-26-65(109)80(123)97-46(4)73(116)101-58-33-45(3)72-68(112)38-67(110(72)85(58)128)81(124)100-57(35-49-39-94-54-21-15-13-19-52(49)54)77(120)104-62(42-111)78(121)103-60(36-50-40-95-55-22-16-14-20-53(50)55)83(126)108(8)66(25-12-10-2)86(129)107(64)7/h13-16,19-22,27-30,39-40,45-47,56-68,72,94-95,111-112H,9-12,17-18,23-26,31-38,41-44,88H2,1-8H3,(H2,89,113)(H2,90,114)(H,96,118)(H,97,123)(H,98,115)(H,99,122)(H,100,124)(H,101,116)(H,102,117)(H,103,121)(H,104,120)(H,105,119)(H4,91,92,93)/t45?,46-,47-,56-,57-,58-,59-,60-,61-,62-,63-,64-,65-,66-,67?,68+,72?/m0/s1. The maximum Gasteiger partial charge on any atom is 0.246 e. The summed E-state index contributed by atoms with van der Waals surface area (Å²) in [5.41, 5.74) is 25.9. The van der Waals surface area contributed by atoms with E-state index in [9.17, 15) is 63.0 Å². The van der Waals surface area contributed by atoms with E-state index in [1.807, 2.05) is 13.8 Å². The number of aromatic nitrogens is 2. The third kappa shape index (κ3) is 26.2. The van der Waals surface area contributed by atoms with Crippen molar-refractivity contribution in [2.75, 3.05) is 64.6 Å². The van der Waals surface area contributed by atoms with Crippen LogP contribution >= 0.6 is 11.8 Å². The molecule has 2 bridgehead atoms. The van der Waals surface area contributed by atoms with Crippen LogP contribution in [0.5, 0.6) is 0 Å². The Kier molecular flexibility index (Phi) is 36.4. The van der Waals surface area contributed by atoms with E-state index in [-0.39, 0.29) is 83.7 Å². The van der Waals surface area contributed by atoms with E-state index < -0.39 is 240 Å². The van der Waals surface area contributed by atoms with Crippen LogP contribution in [-0.4, -0.2) is 307 Å². The number of nitrogens with two attached hydrogens (primary N) is 4. The van der Waals surface area contributed by atoms with Gasteiger partial charge in [-0.3, -0.25) is 86.9 Å². The van der Waals surface area contributed by atoms with Gasteiger partial charge >= 0.3 is 0 Å².